The Kier molecular flexibility index (Phi) is 8.19. The number of benzene rings is 1. The van der Waals surface area contributed by atoms with Gasteiger partial charge in [0, 0.05) is 5.02 Å². The van der Waals surface area contributed by atoms with Crippen molar-refractivity contribution in [3.05, 3.63) is 34.9 Å². The molecule has 1 aromatic carbocycles. The molecular formula is C18H27Cl2N3O2. The van der Waals surface area contributed by atoms with Crippen LogP contribution < -0.4 is 16.4 Å². The quantitative estimate of drug-likeness (QED) is 0.701. The fourth-order valence-corrected chi connectivity index (χ4v) is 3.34. The van der Waals surface area contributed by atoms with E-state index in [1.807, 2.05) is 38.1 Å². The Labute approximate surface area is 160 Å². The Morgan fingerprint density at radius 2 is 1.92 bits per heavy atom. The number of carbonyl (C=O) groups excluding carboxylic acids is 2. The number of carbonyl (C=O) groups is 2. The van der Waals surface area contributed by atoms with Crippen LogP contribution in [0.5, 0.6) is 0 Å². The molecule has 1 atom stereocenters. The molecule has 0 unspecified atom stereocenters. The van der Waals surface area contributed by atoms with Crippen LogP contribution in [0.15, 0.2) is 24.3 Å². The molecular weight excluding hydrogens is 361 g/mol. The predicted molar refractivity (Wildman–Crippen MR) is 103 cm³/mol. The van der Waals surface area contributed by atoms with E-state index in [1.54, 1.807) is 0 Å². The topological polar surface area (TPSA) is 84.2 Å². The summed E-state index contributed by atoms with van der Waals surface area (Å²) >= 11 is 6.11. The van der Waals surface area contributed by atoms with Crippen molar-refractivity contribution < 1.29 is 9.59 Å². The molecule has 0 bridgehead atoms. The SMILES string of the molecule is CC(C)[C@H](N)C(=O)NCC(=O)NC1(c2cccc(Cl)c2)CCCC1.Cl. The van der Waals surface area contributed by atoms with Crippen molar-refractivity contribution in [2.24, 2.45) is 11.7 Å². The smallest absolute Gasteiger partial charge is 0.240 e. The molecule has 0 saturated heterocycles. The summed E-state index contributed by atoms with van der Waals surface area (Å²) in [5, 5.41) is 6.38. The van der Waals surface area contributed by atoms with Crippen LogP contribution in [0.1, 0.15) is 45.1 Å². The lowest BCUT2D eigenvalue weighted by Crippen LogP contribution is -2.51. The van der Waals surface area contributed by atoms with Gasteiger partial charge in [0.15, 0.2) is 0 Å². The minimum atomic E-state index is -0.605. The van der Waals surface area contributed by atoms with E-state index >= 15 is 0 Å². The van der Waals surface area contributed by atoms with Crippen LogP contribution in [0.3, 0.4) is 0 Å². The molecule has 7 heteroatoms. The Hall–Kier alpha value is -1.30. The predicted octanol–water partition coefficient (Wildman–Crippen LogP) is 2.75. The Balaban J connectivity index is 0.00000312. The Morgan fingerprint density at radius 1 is 1.28 bits per heavy atom. The van der Waals surface area contributed by atoms with E-state index in [4.69, 9.17) is 17.3 Å². The van der Waals surface area contributed by atoms with E-state index < -0.39 is 11.6 Å². The normalized spacial score (nSPS) is 16.8. The van der Waals surface area contributed by atoms with Crippen LogP contribution in [0.25, 0.3) is 0 Å². The molecule has 2 rings (SSSR count). The van der Waals surface area contributed by atoms with Crippen LogP contribution >= 0.6 is 24.0 Å². The second-order valence-electron chi connectivity index (χ2n) is 6.84. The molecule has 140 valence electrons. The molecule has 4 N–H and O–H groups in total. The molecule has 1 aromatic rings. The van der Waals surface area contributed by atoms with E-state index in [-0.39, 0.29) is 36.7 Å². The van der Waals surface area contributed by atoms with Crippen molar-refractivity contribution >= 4 is 35.8 Å². The summed E-state index contributed by atoms with van der Waals surface area (Å²) in [6.07, 6.45) is 3.85. The van der Waals surface area contributed by atoms with E-state index in [9.17, 15) is 9.59 Å². The number of halogens is 2. The van der Waals surface area contributed by atoms with Gasteiger partial charge in [0.1, 0.15) is 0 Å². The van der Waals surface area contributed by atoms with Crippen LogP contribution in [0, 0.1) is 5.92 Å². The molecule has 25 heavy (non-hydrogen) atoms. The van der Waals surface area contributed by atoms with Gasteiger partial charge in [-0.3, -0.25) is 9.59 Å². The van der Waals surface area contributed by atoms with Crippen LogP contribution in [0.2, 0.25) is 5.02 Å². The van der Waals surface area contributed by atoms with Crippen LogP contribution in [0.4, 0.5) is 0 Å². The minimum absolute atomic E-state index is 0. The number of nitrogens with one attached hydrogen (secondary N) is 2. The molecule has 1 aliphatic rings. The van der Waals surface area contributed by atoms with Gasteiger partial charge in [-0.25, -0.2) is 0 Å². The van der Waals surface area contributed by atoms with Gasteiger partial charge in [-0.2, -0.15) is 0 Å². The lowest BCUT2D eigenvalue weighted by Gasteiger charge is -2.31. The monoisotopic (exact) mass is 387 g/mol. The molecule has 1 saturated carbocycles. The fourth-order valence-electron chi connectivity index (χ4n) is 3.15. The number of hydrogen-bond acceptors (Lipinski definition) is 3. The molecule has 0 aliphatic heterocycles. The van der Waals surface area contributed by atoms with Crippen molar-refractivity contribution in [3.8, 4) is 0 Å². The standard InChI is InChI=1S/C18H26ClN3O2.ClH/c1-12(2)16(20)17(24)21-11-15(23)22-18(8-3-4-9-18)13-6-5-7-14(19)10-13;/h5-7,10,12,16H,3-4,8-9,11,20H2,1-2H3,(H,21,24)(H,22,23);1H/t16-;/m0./s1. The maximum atomic E-state index is 12.4. The third kappa shape index (κ3) is 5.59. The van der Waals surface area contributed by atoms with Crippen LogP contribution in [-0.2, 0) is 15.1 Å². The molecule has 0 aromatic heterocycles. The Bertz CT molecular complexity index is 602. The largest absolute Gasteiger partial charge is 0.346 e. The summed E-state index contributed by atoms with van der Waals surface area (Å²) < 4.78 is 0. The maximum Gasteiger partial charge on any atom is 0.240 e. The molecule has 2 amide bonds. The summed E-state index contributed by atoms with van der Waals surface area (Å²) in [6.45, 7) is 3.68. The molecule has 0 heterocycles. The highest BCUT2D eigenvalue weighted by atomic mass is 35.5. The molecule has 0 spiro atoms. The van der Waals surface area contributed by atoms with Gasteiger partial charge in [-0.15, -0.1) is 12.4 Å². The lowest BCUT2D eigenvalue weighted by molar-refractivity contribution is -0.128. The van der Waals surface area contributed by atoms with Gasteiger partial charge in [-0.1, -0.05) is 50.4 Å². The zero-order chi connectivity index (χ0) is 17.7. The second kappa shape index (κ2) is 9.41. The van der Waals surface area contributed by atoms with Crippen molar-refractivity contribution in [3.63, 3.8) is 0 Å². The fraction of sp³-hybridized carbons (Fsp3) is 0.556. The molecule has 5 nitrogen and oxygen atoms in total. The molecule has 1 aliphatic carbocycles. The number of rotatable bonds is 6. The number of amides is 2. The number of nitrogens with two attached hydrogens (primary N) is 1. The molecule has 1 fully saturated rings. The van der Waals surface area contributed by atoms with Gasteiger partial charge in [-0.05, 0) is 36.5 Å². The van der Waals surface area contributed by atoms with E-state index in [0.29, 0.717) is 5.02 Å². The van der Waals surface area contributed by atoms with Gasteiger partial charge in [0.2, 0.25) is 11.8 Å². The minimum Gasteiger partial charge on any atom is -0.346 e. The van der Waals surface area contributed by atoms with Crippen molar-refractivity contribution in [2.45, 2.75) is 51.1 Å². The second-order valence-corrected chi connectivity index (χ2v) is 7.27. The van der Waals surface area contributed by atoms with Gasteiger partial charge in [0.05, 0.1) is 18.1 Å². The average Bonchev–Trinajstić information content (AvgIpc) is 3.01. The van der Waals surface area contributed by atoms with E-state index in [0.717, 1.165) is 31.2 Å². The highest BCUT2D eigenvalue weighted by Crippen LogP contribution is 2.39. The van der Waals surface area contributed by atoms with Crippen molar-refractivity contribution in [2.75, 3.05) is 6.54 Å². The zero-order valence-electron chi connectivity index (χ0n) is 14.7. The van der Waals surface area contributed by atoms with Crippen LogP contribution in [-0.4, -0.2) is 24.4 Å². The van der Waals surface area contributed by atoms with Gasteiger partial charge < -0.3 is 16.4 Å². The van der Waals surface area contributed by atoms with Gasteiger partial charge in [0.25, 0.3) is 0 Å². The lowest BCUT2D eigenvalue weighted by atomic mass is 9.88. The zero-order valence-corrected chi connectivity index (χ0v) is 16.3. The van der Waals surface area contributed by atoms with E-state index in [2.05, 4.69) is 10.6 Å². The number of hydrogen-bond donors (Lipinski definition) is 3. The third-order valence-electron chi connectivity index (χ3n) is 4.66. The Morgan fingerprint density at radius 3 is 2.48 bits per heavy atom. The highest BCUT2D eigenvalue weighted by Gasteiger charge is 2.37. The molecule has 0 radical (unpaired) electrons. The first-order valence-corrected chi connectivity index (χ1v) is 8.82. The van der Waals surface area contributed by atoms with E-state index in [1.165, 1.54) is 0 Å². The summed E-state index contributed by atoms with van der Waals surface area (Å²) in [6, 6.07) is 7.01. The van der Waals surface area contributed by atoms with Crippen molar-refractivity contribution in [1.82, 2.24) is 10.6 Å². The average molecular weight is 388 g/mol. The first-order valence-electron chi connectivity index (χ1n) is 8.44. The summed E-state index contributed by atoms with van der Waals surface area (Å²) in [5.41, 5.74) is 6.41. The summed E-state index contributed by atoms with van der Waals surface area (Å²) in [5.74, 6) is -0.481. The highest BCUT2D eigenvalue weighted by molar-refractivity contribution is 6.30. The first kappa shape index (κ1) is 21.7. The first-order chi connectivity index (χ1) is 11.3. The third-order valence-corrected chi connectivity index (χ3v) is 4.89. The maximum absolute atomic E-state index is 12.4. The van der Waals surface area contributed by atoms with Gasteiger partial charge >= 0.3 is 0 Å². The summed E-state index contributed by atoms with van der Waals surface area (Å²) in [7, 11) is 0. The van der Waals surface area contributed by atoms with Crippen molar-refractivity contribution in [1.29, 1.82) is 0 Å². The summed E-state index contributed by atoms with van der Waals surface area (Å²) in [4.78, 5) is 24.2.